The minimum Gasteiger partial charge on any atom is -0.479 e. The highest BCUT2D eigenvalue weighted by Crippen LogP contribution is 2.25. The number of amides is 1. The van der Waals surface area contributed by atoms with Crippen molar-refractivity contribution < 1.29 is 22.7 Å². The number of carbonyl (C=O) groups is 1. The third-order valence-corrected chi connectivity index (χ3v) is 4.70. The van der Waals surface area contributed by atoms with Gasteiger partial charge in [0.15, 0.2) is 5.82 Å². The van der Waals surface area contributed by atoms with Crippen LogP contribution in [0.4, 0.5) is 19.0 Å². The number of anilines is 1. The second-order valence-corrected chi connectivity index (χ2v) is 7.27. The predicted octanol–water partition coefficient (Wildman–Crippen LogP) is 3.58. The molecule has 12 heteroatoms. The Hall–Kier alpha value is -3.44. The minimum atomic E-state index is -4.48. The summed E-state index contributed by atoms with van der Waals surface area (Å²) in [6, 6.07) is 5.08. The number of aromatic nitrogens is 6. The van der Waals surface area contributed by atoms with Crippen molar-refractivity contribution in [3.63, 3.8) is 0 Å². The van der Waals surface area contributed by atoms with Crippen LogP contribution >= 0.6 is 0 Å². The molecule has 0 aliphatic rings. The summed E-state index contributed by atoms with van der Waals surface area (Å²) in [6.07, 6.45) is -1.89. The van der Waals surface area contributed by atoms with E-state index in [9.17, 15) is 18.0 Å². The van der Waals surface area contributed by atoms with E-state index < -0.39 is 18.6 Å². The fourth-order valence-corrected chi connectivity index (χ4v) is 2.83. The first-order chi connectivity index (χ1) is 14.6. The third-order valence-electron chi connectivity index (χ3n) is 4.70. The summed E-state index contributed by atoms with van der Waals surface area (Å²) in [5.74, 6) is 0.140. The van der Waals surface area contributed by atoms with Gasteiger partial charge < -0.3 is 14.6 Å². The van der Waals surface area contributed by atoms with E-state index in [-0.39, 0.29) is 23.3 Å². The maximum absolute atomic E-state index is 12.6. The first kappa shape index (κ1) is 22.2. The van der Waals surface area contributed by atoms with Gasteiger partial charge in [-0.15, -0.1) is 15.3 Å². The quantitative estimate of drug-likeness (QED) is 0.607. The molecule has 166 valence electrons. The van der Waals surface area contributed by atoms with Crippen LogP contribution in [-0.4, -0.2) is 48.7 Å². The zero-order valence-electron chi connectivity index (χ0n) is 17.4. The van der Waals surface area contributed by atoms with E-state index in [2.05, 4.69) is 39.4 Å². The van der Waals surface area contributed by atoms with E-state index in [1.165, 1.54) is 7.11 Å². The summed E-state index contributed by atoms with van der Waals surface area (Å²) in [4.78, 5) is 17.0. The first-order valence-electron chi connectivity index (χ1n) is 9.45. The highest BCUT2D eigenvalue weighted by Gasteiger charge is 2.30. The van der Waals surface area contributed by atoms with Crippen molar-refractivity contribution >= 4 is 11.7 Å². The van der Waals surface area contributed by atoms with Gasteiger partial charge in [-0.3, -0.25) is 9.48 Å². The van der Waals surface area contributed by atoms with Crippen LogP contribution in [0.25, 0.3) is 11.5 Å². The standard InChI is InChI=1S/C19H22F3N7O2/c1-11(2)12(3)29-10-23-26-16(29)14-6-5-7-15(24-14)25-17(30)13-8-28(9-19(20,21)22)27-18(13)31-4/h5-8,10-12H,9H2,1-4H3,(H,24,25,30)/t12-/m1/s1. The number of hydrogen-bond acceptors (Lipinski definition) is 6. The van der Waals surface area contributed by atoms with Crippen LogP contribution in [0, 0.1) is 5.92 Å². The third kappa shape index (κ3) is 5.19. The van der Waals surface area contributed by atoms with Crippen molar-refractivity contribution in [1.82, 2.24) is 29.5 Å². The van der Waals surface area contributed by atoms with E-state index >= 15 is 0 Å². The lowest BCUT2D eigenvalue weighted by molar-refractivity contribution is -0.142. The molecular formula is C19H22F3N7O2. The Bertz CT molecular complexity index is 1060. The summed E-state index contributed by atoms with van der Waals surface area (Å²) < 4.78 is 45.3. The van der Waals surface area contributed by atoms with Gasteiger partial charge in [0.05, 0.1) is 7.11 Å². The number of carbonyl (C=O) groups excluding carboxylic acids is 1. The largest absolute Gasteiger partial charge is 0.479 e. The van der Waals surface area contributed by atoms with Gasteiger partial charge in [0.1, 0.15) is 29.9 Å². The molecule has 3 aromatic heterocycles. The van der Waals surface area contributed by atoms with Crippen molar-refractivity contribution in [2.75, 3.05) is 12.4 Å². The van der Waals surface area contributed by atoms with Crippen LogP contribution < -0.4 is 10.1 Å². The molecule has 0 aliphatic carbocycles. The average molecular weight is 437 g/mol. The number of rotatable bonds is 7. The molecule has 0 aromatic carbocycles. The SMILES string of the molecule is COc1nn(CC(F)(F)F)cc1C(=O)Nc1cccc(-c2nncn2[C@H](C)C(C)C)n1. The van der Waals surface area contributed by atoms with Crippen LogP contribution in [0.2, 0.25) is 0 Å². The zero-order chi connectivity index (χ0) is 22.8. The molecule has 0 aliphatic heterocycles. The van der Waals surface area contributed by atoms with E-state index in [1.54, 1.807) is 24.5 Å². The summed E-state index contributed by atoms with van der Waals surface area (Å²) in [5.41, 5.74) is 0.345. The van der Waals surface area contributed by atoms with Crippen molar-refractivity contribution in [2.24, 2.45) is 5.92 Å². The fraction of sp³-hybridized carbons (Fsp3) is 0.421. The molecule has 0 saturated heterocycles. The number of halogens is 3. The molecule has 3 aromatic rings. The molecular weight excluding hydrogens is 415 g/mol. The smallest absolute Gasteiger partial charge is 0.408 e. The molecule has 0 spiro atoms. The van der Waals surface area contributed by atoms with Crippen LogP contribution in [-0.2, 0) is 6.54 Å². The molecule has 0 saturated carbocycles. The molecule has 9 nitrogen and oxygen atoms in total. The first-order valence-corrected chi connectivity index (χ1v) is 9.45. The summed E-state index contributed by atoms with van der Waals surface area (Å²) in [7, 11) is 1.22. The number of nitrogens with one attached hydrogen (secondary N) is 1. The monoisotopic (exact) mass is 437 g/mol. The van der Waals surface area contributed by atoms with Crippen molar-refractivity contribution in [2.45, 2.75) is 39.5 Å². The van der Waals surface area contributed by atoms with Gasteiger partial charge in [0.2, 0.25) is 5.88 Å². The Balaban J connectivity index is 1.84. The summed E-state index contributed by atoms with van der Waals surface area (Å²) >= 11 is 0. The van der Waals surface area contributed by atoms with Gasteiger partial charge in [-0.1, -0.05) is 19.9 Å². The van der Waals surface area contributed by atoms with Gasteiger partial charge in [0, 0.05) is 12.2 Å². The number of ether oxygens (including phenoxy) is 1. The van der Waals surface area contributed by atoms with Gasteiger partial charge in [-0.05, 0) is 25.0 Å². The minimum absolute atomic E-state index is 0.119. The second-order valence-electron chi connectivity index (χ2n) is 7.27. The Labute approximate surface area is 176 Å². The average Bonchev–Trinajstić information content (AvgIpc) is 3.33. The number of methoxy groups -OCH3 is 1. The van der Waals surface area contributed by atoms with Gasteiger partial charge in [-0.25, -0.2) is 4.98 Å². The van der Waals surface area contributed by atoms with Crippen molar-refractivity contribution in [1.29, 1.82) is 0 Å². The Morgan fingerprint density at radius 2 is 2.00 bits per heavy atom. The fourth-order valence-electron chi connectivity index (χ4n) is 2.83. The molecule has 31 heavy (non-hydrogen) atoms. The molecule has 0 fully saturated rings. The van der Waals surface area contributed by atoms with E-state index in [0.29, 0.717) is 22.1 Å². The molecule has 3 rings (SSSR count). The molecule has 0 bridgehead atoms. The van der Waals surface area contributed by atoms with Gasteiger partial charge in [-0.2, -0.15) is 13.2 Å². The van der Waals surface area contributed by atoms with Gasteiger partial charge in [0.25, 0.3) is 5.91 Å². The zero-order valence-corrected chi connectivity index (χ0v) is 17.4. The molecule has 0 radical (unpaired) electrons. The summed E-state index contributed by atoms with van der Waals surface area (Å²) in [6.45, 7) is 4.85. The van der Waals surface area contributed by atoms with Crippen LogP contribution in [0.15, 0.2) is 30.7 Å². The van der Waals surface area contributed by atoms with E-state index in [1.807, 2.05) is 11.5 Å². The Morgan fingerprint density at radius 3 is 2.65 bits per heavy atom. The highest BCUT2D eigenvalue weighted by atomic mass is 19.4. The summed E-state index contributed by atoms with van der Waals surface area (Å²) in [5, 5.41) is 14.3. The number of nitrogens with zero attached hydrogens (tertiary/aromatic N) is 6. The molecule has 1 N–H and O–H groups in total. The van der Waals surface area contributed by atoms with Crippen LogP contribution in [0.1, 0.15) is 37.2 Å². The topological polar surface area (TPSA) is 99.8 Å². The normalized spacial score (nSPS) is 12.8. The maximum atomic E-state index is 12.6. The number of hydrogen-bond donors (Lipinski definition) is 1. The highest BCUT2D eigenvalue weighted by molar-refractivity contribution is 6.05. The lowest BCUT2D eigenvalue weighted by Gasteiger charge is -2.18. The van der Waals surface area contributed by atoms with Crippen LogP contribution in [0.5, 0.6) is 5.88 Å². The molecule has 1 amide bonds. The van der Waals surface area contributed by atoms with Gasteiger partial charge >= 0.3 is 6.18 Å². The Kier molecular flexibility index (Phi) is 6.27. The van der Waals surface area contributed by atoms with E-state index in [4.69, 9.17) is 4.74 Å². The lowest BCUT2D eigenvalue weighted by atomic mass is 10.1. The number of alkyl halides is 3. The van der Waals surface area contributed by atoms with Crippen LogP contribution in [0.3, 0.4) is 0 Å². The van der Waals surface area contributed by atoms with Crippen molar-refractivity contribution in [3.05, 3.63) is 36.3 Å². The predicted molar refractivity (Wildman–Crippen MR) is 106 cm³/mol. The molecule has 1 atom stereocenters. The molecule has 0 unspecified atom stereocenters. The van der Waals surface area contributed by atoms with Crippen molar-refractivity contribution in [3.8, 4) is 17.4 Å². The lowest BCUT2D eigenvalue weighted by Crippen LogP contribution is -2.18. The molecule has 3 heterocycles. The second kappa shape index (κ2) is 8.74. The Morgan fingerprint density at radius 1 is 1.26 bits per heavy atom. The number of pyridine rings is 1. The maximum Gasteiger partial charge on any atom is 0.408 e. The van der Waals surface area contributed by atoms with E-state index in [0.717, 1.165) is 6.20 Å².